The number of nitrogens with zero attached hydrogens (tertiary/aromatic N) is 1. The third-order valence-electron chi connectivity index (χ3n) is 5.90. The Morgan fingerprint density at radius 3 is 2.47 bits per heavy atom. The molecule has 1 aromatic heterocycles. The maximum atomic E-state index is 13.3. The second kappa shape index (κ2) is 10.3. The van der Waals surface area contributed by atoms with Crippen molar-refractivity contribution in [1.29, 1.82) is 0 Å². The number of carbonyl (C=O) groups excluding carboxylic acids is 2. The number of hydrogen-bond donors (Lipinski definition) is 1. The molecule has 0 atom stereocenters. The van der Waals surface area contributed by atoms with Gasteiger partial charge in [-0.25, -0.2) is 9.78 Å². The van der Waals surface area contributed by atoms with Crippen LogP contribution < -0.4 is 5.32 Å². The second-order valence-corrected chi connectivity index (χ2v) is 9.58. The molecule has 1 aliphatic rings. The van der Waals surface area contributed by atoms with Gasteiger partial charge in [-0.3, -0.25) is 4.79 Å². The summed E-state index contributed by atoms with van der Waals surface area (Å²) in [5.41, 5.74) is 5.13. The number of amides is 1. The number of rotatable bonds is 5. The standard InChI is InChI=1S/C28H19Cl3N2O3/c29-18-8-5-16(6-9-18)13-17-7-11-21-26(20-3-1-2-4-23(20)33-27(17)21)28(35)36-15-25(34)32-24-12-10-19(30)14-22(24)31/h1-6,8-10,12-14H,7,11,15H2,(H,32,34)/b17-13+. The molecular formula is C28H19Cl3N2O3. The van der Waals surface area contributed by atoms with Crippen molar-refractivity contribution in [3.05, 3.63) is 104 Å². The second-order valence-electron chi connectivity index (χ2n) is 8.30. The smallest absolute Gasteiger partial charge is 0.339 e. The Balaban J connectivity index is 1.42. The molecule has 0 bridgehead atoms. The summed E-state index contributed by atoms with van der Waals surface area (Å²) < 4.78 is 5.44. The molecule has 0 fully saturated rings. The molecule has 8 heteroatoms. The van der Waals surface area contributed by atoms with Crippen molar-refractivity contribution in [3.8, 4) is 0 Å². The Morgan fingerprint density at radius 2 is 1.69 bits per heavy atom. The lowest BCUT2D eigenvalue weighted by atomic mass is 10.0. The third kappa shape index (κ3) is 5.09. The molecule has 0 aliphatic heterocycles. The van der Waals surface area contributed by atoms with Crippen molar-refractivity contribution in [3.63, 3.8) is 0 Å². The zero-order valence-corrected chi connectivity index (χ0v) is 21.1. The van der Waals surface area contributed by atoms with Crippen molar-refractivity contribution in [2.24, 2.45) is 0 Å². The van der Waals surface area contributed by atoms with E-state index in [0.29, 0.717) is 43.6 Å². The Bertz CT molecular complexity index is 1530. The lowest BCUT2D eigenvalue weighted by molar-refractivity contribution is -0.119. The summed E-state index contributed by atoms with van der Waals surface area (Å²) in [5.74, 6) is -1.08. The van der Waals surface area contributed by atoms with Gasteiger partial charge >= 0.3 is 5.97 Å². The number of fused-ring (bicyclic) bond motifs is 2. The van der Waals surface area contributed by atoms with Crippen LogP contribution in [0.3, 0.4) is 0 Å². The number of aromatic nitrogens is 1. The summed E-state index contributed by atoms with van der Waals surface area (Å²) in [4.78, 5) is 30.6. The zero-order chi connectivity index (χ0) is 25.2. The van der Waals surface area contributed by atoms with E-state index in [1.165, 1.54) is 6.07 Å². The fraction of sp³-hybridized carbons (Fsp3) is 0.107. The van der Waals surface area contributed by atoms with Gasteiger partial charge in [-0.05, 0) is 72.0 Å². The molecule has 0 spiro atoms. The highest BCUT2D eigenvalue weighted by molar-refractivity contribution is 6.36. The molecule has 1 N–H and O–H groups in total. The van der Waals surface area contributed by atoms with Gasteiger partial charge in [0.25, 0.3) is 5.91 Å². The van der Waals surface area contributed by atoms with Gasteiger partial charge in [0.1, 0.15) is 0 Å². The number of benzene rings is 3. The minimum Gasteiger partial charge on any atom is -0.452 e. The van der Waals surface area contributed by atoms with E-state index < -0.39 is 18.5 Å². The van der Waals surface area contributed by atoms with Gasteiger partial charge in [0, 0.05) is 15.4 Å². The highest BCUT2D eigenvalue weighted by atomic mass is 35.5. The Labute approximate surface area is 222 Å². The fourth-order valence-corrected chi connectivity index (χ4v) is 4.83. The maximum absolute atomic E-state index is 13.3. The quantitative estimate of drug-likeness (QED) is 0.268. The number of anilines is 1. The van der Waals surface area contributed by atoms with E-state index in [2.05, 4.69) is 11.4 Å². The van der Waals surface area contributed by atoms with Crippen molar-refractivity contribution in [2.45, 2.75) is 12.8 Å². The van der Waals surface area contributed by atoms with Crippen molar-refractivity contribution < 1.29 is 14.3 Å². The number of esters is 1. The molecule has 0 unspecified atom stereocenters. The van der Waals surface area contributed by atoms with Crippen LogP contribution in [-0.4, -0.2) is 23.5 Å². The molecule has 1 aliphatic carbocycles. The number of hydrogen-bond acceptors (Lipinski definition) is 4. The van der Waals surface area contributed by atoms with Gasteiger partial charge in [0.2, 0.25) is 0 Å². The SMILES string of the molecule is O=C(COC(=O)c1c2c(nc3ccccc13)/C(=C/c1ccc(Cl)cc1)CC2)Nc1ccc(Cl)cc1Cl. The van der Waals surface area contributed by atoms with E-state index in [-0.39, 0.29) is 0 Å². The van der Waals surface area contributed by atoms with Gasteiger partial charge in [0.05, 0.1) is 27.5 Å². The highest BCUT2D eigenvalue weighted by Gasteiger charge is 2.28. The number of allylic oxidation sites excluding steroid dienone is 1. The number of nitrogens with one attached hydrogen (secondary N) is 1. The molecule has 5 rings (SSSR count). The number of halogens is 3. The van der Waals surface area contributed by atoms with Crippen LogP contribution in [0.5, 0.6) is 0 Å². The molecule has 0 radical (unpaired) electrons. The van der Waals surface area contributed by atoms with Crippen molar-refractivity contribution >= 4 is 74.9 Å². The van der Waals surface area contributed by atoms with Gasteiger partial charge in [-0.1, -0.05) is 65.1 Å². The number of pyridine rings is 1. The molecule has 180 valence electrons. The van der Waals surface area contributed by atoms with Gasteiger partial charge in [-0.2, -0.15) is 0 Å². The zero-order valence-electron chi connectivity index (χ0n) is 18.9. The molecule has 0 saturated carbocycles. The first kappa shape index (κ1) is 24.3. The first-order chi connectivity index (χ1) is 17.4. The molecule has 0 saturated heterocycles. The van der Waals surface area contributed by atoms with E-state index >= 15 is 0 Å². The van der Waals surface area contributed by atoms with Gasteiger partial charge < -0.3 is 10.1 Å². The summed E-state index contributed by atoms with van der Waals surface area (Å²) in [6.07, 6.45) is 3.43. The van der Waals surface area contributed by atoms with Crippen LogP contribution in [0.2, 0.25) is 15.1 Å². The lowest BCUT2D eigenvalue weighted by Gasteiger charge is -2.13. The normalized spacial score (nSPS) is 13.6. The molecular weight excluding hydrogens is 519 g/mol. The van der Waals surface area contributed by atoms with E-state index in [0.717, 1.165) is 28.8 Å². The summed E-state index contributed by atoms with van der Waals surface area (Å²) in [6, 6.07) is 19.7. The van der Waals surface area contributed by atoms with E-state index in [9.17, 15) is 9.59 Å². The van der Waals surface area contributed by atoms with Crippen LogP contribution in [0.15, 0.2) is 66.7 Å². The predicted octanol–water partition coefficient (Wildman–Crippen LogP) is 7.48. The summed E-state index contributed by atoms with van der Waals surface area (Å²) in [6.45, 7) is -0.462. The Hall–Kier alpha value is -3.38. The first-order valence-electron chi connectivity index (χ1n) is 11.2. The largest absolute Gasteiger partial charge is 0.452 e. The fourth-order valence-electron chi connectivity index (χ4n) is 4.25. The molecule has 1 heterocycles. The minimum absolute atomic E-state index is 0.292. The number of ether oxygens (including phenoxy) is 1. The van der Waals surface area contributed by atoms with Crippen LogP contribution in [0.25, 0.3) is 22.6 Å². The monoisotopic (exact) mass is 536 g/mol. The maximum Gasteiger partial charge on any atom is 0.339 e. The van der Waals surface area contributed by atoms with Crippen molar-refractivity contribution in [2.75, 3.05) is 11.9 Å². The molecule has 36 heavy (non-hydrogen) atoms. The van der Waals surface area contributed by atoms with Crippen molar-refractivity contribution in [1.82, 2.24) is 4.98 Å². The van der Waals surface area contributed by atoms with E-state index in [4.69, 9.17) is 44.5 Å². The predicted molar refractivity (Wildman–Crippen MR) is 145 cm³/mol. The van der Waals surface area contributed by atoms with Crippen LogP contribution in [-0.2, 0) is 16.0 Å². The molecule has 4 aromatic rings. The van der Waals surface area contributed by atoms with Crippen LogP contribution in [0, 0.1) is 0 Å². The third-order valence-corrected chi connectivity index (χ3v) is 6.70. The van der Waals surface area contributed by atoms with E-state index in [1.54, 1.807) is 12.1 Å². The lowest BCUT2D eigenvalue weighted by Crippen LogP contribution is -2.22. The minimum atomic E-state index is -0.574. The molecule has 1 amide bonds. The summed E-state index contributed by atoms with van der Waals surface area (Å²) >= 11 is 18.0. The summed E-state index contributed by atoms with van der Waals surface area (Å²) in [7, 11) is 0. The van der Waals surface area contributed by atoms with Crippen LogP contribution in [0.4, 0.5) is 5.69 Å². The molecule has 3 aromatic carbocycles. The highest BCUT2D eigenvalue weighted by Crippen LogP contribution is 2.38. The average molecular weight is 538 g/mol. The average Bonchev–Trinajstić information content (AvgIpc) is 3.26. The Kier molecular flexibility index (Phi) is 6.97. The van der Waals surface area contributed by atoms with Crippen LogP contribution >= 0.6 is 34.8 Å². The molecule has 5 nitrogen and oxygen atoms in total. The van der Waals surface area contributed by atoms with E-state index in [1.807, 2.05) is 48.5 Å². The first-order valence-corrected chi connectivity index (χ1v) is 12.3. The van der Waals surface area contributed by atoms with Crippen LogP contribution in [0.1, 0.15) is 33.6 Å². The summed E-state index contributed by atoms with van der Waals surface area (Å²) in [5, 5.41) is 4.73. The number of para-hydroxylation sites is 1. The Morgan fingerprint density at radius 1 is 0.944 bits per heavy atom. The number of carbonyl (C=O) groups is 2. The van der Waals surface area contributed by atoms with Gasteiger partial charge in [0.15, 0.2) is 6.61 Å². The topological polar surface area (TPSA) is 68.3 Å². The van der Waals surface area contributed by atoms with Gasteiger partial charge in [-0.15, -0.1) is 0 Å².